The average molecular weight is 434 g/mol. The molecular weight excluding hydrogens is 410 g/mol. The first-order chi connectivity index (χ1) is 15.2. The molecule has 8 heteroatoms. The molecule has 0 fully saturated rings. The fourth-order valence-electron chi connectivity index (χ4n) is 3.79. The number of aryl methyl sites for hydroxylation is 1. The fraction of sp³-hybridized carbons (Fsp3) is 0.261. The normalized spacial score (nSPS) is 13.5. The maximum Gasteiger partial charge on any atom is 0.213 e. The fourth-order valence-corrected chi connectivity index (χ4v) is 4.98. The van der Waals surface area contributed by atoms with Crippen molar-refractivity contribution >= 4 is 33.1 Å². The molecule has 0 spiro atoms. The van der Waals surface area contributed by atoms with E-state index in [1.807, 2.05) is 25.1 Å². The Hall–Kier alpha value is -3.23. The zero-order valence-corrected chi connectivity index (χ0v) is 18.3. The molecule has 1 aliphatic rings. The Morgan fingerprint density at radius 2 is 1.97 bits per heavy atom. The van der Waals surface area contributed by atoms with Gasteiger partial charge < -0.3 is 20.1 Å². The Bertz CT molecular complexity index is 1220. The van der Waals surface area contributed by atoms with E-state index in [1.54, 1.807) is 37.0 Å². The Balaban J connectivity index is 1.41. The van der Waals surface area contributed by atoms with Gasteiger partial charge in [0.25, 0.3) is 0 Å². The third kappa shape index (κ3) is 4.04. The van der Waals surface area contributed by atoms with Crippen molar-refractivity contribution in [2.75, 3.05) is 25.5 Å². The predicted molar refractivity (Wildman–Crippen MR) is 123 cm³/mol. The van der Waals surface area contributed by atoms with E-state index in [0.717, 1.165) is 59.0 Å². The number of nitrogens with zero attached hydrogens (tertiary/aromatic N) is 3. The molecule has 1 aromatic carbocycles. The van der Waals surface area contributed by atoms with Crippen LogP contribution in [-0.4, -0.2) is 35.2 Å². The minimum Gasteiger partial charge on any atom is -0.481 e. The maximum absolute atomic E-state index is 5.98. The summed E-state index contributed by atoms with van der Waals surface area (Å²) in [5.41, 5.74) is 3.35. The van der Waals surface area contributed by atoms with Crippen LogP contribution in [0.4, 0.5) is 11.5 Å². The van der Waals surface area contributed by atoms with E-state index in [4.69, 9.17) is 9.47 Å². The molecule has 5 rings (SSSR count). The van der Waals surface area contributed by atoms with Gasteiger partial charge in [-0.2, -0.15) is 0 Å². The topological polar surface area (TPSA) is 81.2 Å². The van der Waals surface area contributed by atoms with Gasteiger partial charge in [-0.25, -0.2) is 15.0 Å². The monoisotopic (exact) mass is 433 g/mol. The van der Waals surface area contributed by atoms with Crippen LogP contribution in [0.25, 0.3) is 10.2 Å². The highest BCUT2D eigenvalue weighted by atomic mass is 32.1. The number of benzene rings is 1. The predicted octanol–water partition coefficient (Wildman–Crippen LogP) is 4.63. The van der Waals surface area contributed by atoms with Gasteiger partial charge in [-0.05, 0) is 68.2 Å². The number of anilines is 2. The Kier molecular flexibility index (Phi) is 5.40. The van der Waals surface area contributed by atoms with Gasteiger partial charge in [0.2, 0.25) is 5.88 Å². The average Bonchev–Trinajstić information content (AvgIpc) is 2.98. The van der Waals surface area contributed by atoms with Crippen molar-refractivity contribution in [2.45, 2.75) is 19.8 Å². The molecule has 1 aliphatic heterocycles. The lowest BCUT2D eigenvalue weighted by Gasteiger charge is -2.12. The molecule has 2 N–H and O–H groups in total. The maximum atomic E-state index is 5.98. The summed E-state index contributed by atoms with van der Waals surface area (Å²) < 4.78 is 11.1. The lowest BCUT2D eigenvalue weighted by molar-refractivity contribution is 0.394. The summed E-state index contributed by atoms with van der Waals surface area (Å²) in [7, 11) is 1.59. The molecule has 0 atom stereocenters. The summed E-state index contributed by atoms with van der Waals surface area (Å²) in [5.74, 6) is 2.86. The quantitative estimate of drug-likeness (QED) is 0.475. The van der Waals surface area contributed by atoms with Crippen LogP contribution in [0.2, 0.25) is 0 Å². The van der Waals surface area contributed by atoms with Crippen molar-refractivity contribution in [3.8, 4) is 17.4 Å². The highest BCUT2D eigenvalue weighted by Crippen LogP contribution is 2.37. The van der Waals surface area contributed by atoms with Gasteiger partial charge in [-0.1, -0.05) is 0 Å². The second-order valence-electron chi connectivity index (χ2n) is 7.40. The van der Waals surface area contributed by atoms with Gasteiger partial charge in [0.15, 0.2) is 0 Å². The highest BCUT2D eigenvalue weighted by Gasteiger charge is 2.19. The number of thiophene rings is 1. The van der Waals surface area contributed by atoms with Crippen LogP contribution in [0.1, 0.15) is 16.0 Å². The molecule has 0 saturated heterocycles. The molecule has 158 valence electrons. The lowest BCUT2D eigenvalue weighted by Crippen LogP contribution is -2.16. The first-order valence-electron chi connectivity index (χ1n) is 10.2. The molecular formula is C23H23N5O2S. The molecule has 0 aliphatic carbocycles. The van der Waals surface area contributed by atoms with Crippen LogP contribution in [0.3, 0.4) is 0 Å². The zero-order chi connectivity index (χ0) is 21.2. The minimum absolute atomic E-state index is 0.557. The Morgan fingerprint density at radius 3 is 2.77 bits per heavy atom. The number of aromatic nitrogens is 3. The number of rotatable bonds is 5. The lowest BCUT2D eigenvalue weighted by atomic mass is 10.1. The summed E-state index contributed by atoms with van der Waals surface area (Å²) in [4.78, 5) is 15.7. The number of pyridine rings is 1. The molecule has 0 amide bonds. The van der Waals surface area contributed by atoms with Crippen LogP contribution < -0.4 is 20.1 Å². The van der Waals surface area contributed by atoms with Crippen molar-refractivity contribution in [3.63, 3.8) is 0 Å². The number of hydrogen-bond donors (Lipinski definition) is 2. The number of fused-ring (bicyclic) bond motifs is 3. The van der Waals surface area contributed by atoms with Gasteiger partial charge in [0.05, 0.1) is 18.7 Å². The first kappa shape index (κ1) is 19.7. The molecule has 0 unspecified atom stereocenters. The molecule has 7 nitrogen and oxygen atoms in total. The van der Waals surface area contributed by atoms with E-state index in [0.29, 0.717) is 11.6 Å². The van der Waals surface area contributed by atoms with Gasteiger partial charge in [-0.3, -0.25) is 0 Å². The van der Waals surface area contributed by atoms with Crippen LogP contribution in [-0.2, 0) is 12.8 Å². The van der Waals surface area contributed by atoms with Crippen molar-refractivity contribution in [1.29, 1.82) is 0 Å². The number of ether oxygens (including phenoxy) is 2. The number of methoxy groups -OCH3 is 1. The third-order valence-corrected chi connectivity index (χ3v) is 6.53. The Labute approximate surface area is 184 Å². The zero-order valence-electron chi connectivity index (χ0n) is 17.4. The molecule has 0 bridgehead atoms. The van der Waals surface area contributed by atoms with E-state index >= 15 is 0 Å². The van der Waals surface area contributed by atoms with E-state index in [9.17, 15) is 0 Å². The summed E-state index contributed by atoms with van der Waals surface area (Å²) >= 11 is 1.78. The van der Waals surface area contributed by atoms with Gasteiger partial charge in [-0.15, -0.1) is 11.3 Å². The SMILES string of the molecule is COc1ccc(Oc2ccc(Nc3ncnc4sc5c(c34)CCNCC5)cc2C)cn1. The molecule has 0 saturated carbocycles. The van der Waals surface area contributed by atoms with Crippen LogP contribution in [0.15, 0.2) is 42.9 Å². The van der Waals surface area contributed by atoms with E-state index in [-0.39, 0.29) is 0 Å². The molecule has 31 heavy (non-hydrogen) atoms. The summed E-state index contributed by atoms with van der Waals surface area (Å²) in [6, 6.07) is 9.64. The summed E-state index contributed by atoms with van der Waals surface area (Å²) in [6.07, 6.45) is 5.33. The second kappa shape index (κ2) is 8.49. The van der Waals surface area contributed by atoms with Crippen molar-refractivity contribution < 1.29 is 9.47 Å². The molecule has 4 heterocycles. The molecule has 4 aromatic rings. The van der Waals surface area contributed by atoms with Crippen LogP contribution in [0, 0.1) is 6.92 Å². The van der Waals surface area contributed by atoms with Crippen LogP contribution >= 0.6 is 11.3 Å². The third-order valence-electron chi connectivity index (χ3n) is 5.34. The van der Waals surface area contributed by atoms with Crippen molar-refractivity contribution in [3.05, 3.63) is 58.9 Å². The number of hydrogen-bond acceptors (Lipinski definition) is 8. The van der Waals surface area contributed by atoms with Gasteiger partial charge in [0.1, 0.15) is 28.5 Å². The van der Waals surface area contributed by atoms with E-state index in [2.05, 4.69) is 31.7 Å². The Morgan fingerprint density at radius 1 is 1.06 bits per heavy atom. The number of nitrogens with one attached hydrogen (secondary N) is 2. The smallest absolute Gasteiger partial charge is 0.213 e. The first-order valence-corrected chi connectivity index (χ1v) is 11.0. The second-order valence-corrected chi connectivity index (χ2v) is 8.48. The molecule has 3 aromatic heterocycles. The van der Waals surface area contributed by atoms with E-state index in [1.165, 1.54) is 10.4 Å². The standard InChI is InChI=1S/C23H23N5O2S/c1-14-11-15(3-5-18(14)30-16-4-6-20(29-2)25-12-16)28-22-21-17-7-9-24-10-8-19(17)31-23(21)27-13-26-22/h3-6,11-13,24H,7-10H2,1-2H3,(H,26,27,28). The summed E-state index contributed by atoms with van der Waals surface area (Å²) in [6.45, 7) is 4.02. The van der Waals surface area contributed by atoms with E-state index < -0.39 is 0 Å². The van der Waals surface area contributed by atoms with Crippen molar-refractivity contribution in [2.24, 2.45) is 0 Å². The van der Waals surface area contributed by atoms with Crippen LogP contribution in [0.5, 0.6) is 17.4 Å². The summed E-state index contributed by atoms with van der Waals surface area (Å²) in [5, 5.41) is 8.12. The molecule has 0 radical (unpaired) electrons. The largest absolute Gasteiger partial charge is 0.481 e. The minimum atomic E-state index is 0.557. The van der Waals surface area contributed by atoms with Gasteiger partial charge in [0, 0.05) is 16.6 Å². The highest BCUT2D eigenvalue weighted by molar-refractivity contribution is 7.19. The van der Waals surface area contributed by atoms with Gasteiger partial charge >= 0.3 is 0 Å². The van der Waals surface area contributed by atoms with Crippen molar-refractivity contribution in [1.82, 2.24) is 20.3 Å².